The average molecular weight is 192 g/mol. The molecular formula is C12H20N2. The zero-order valence-corrected chi connectivity index (χ0v) is 9.09. The highest BCUT2D eigenvalue weighted by molar-refractivity contribution is 5.39. The van der Waals surface area contributed by atoms with E-state index in [0.29, 0.717) is 6.04 Å². The summed E-state index contributed by atoms with van der Waals surface area (Å²) in [4.78, 5) is 0. The Morgan fingerprint density at radius 2 is 1.93 bits per heavy atom. The third-order valence-electron chi connectivity index (χ3n) is 2.26. The van der Waals surface area contributed by atoms with Crippen LogP contribution in [0.3, 0.4) is 0 Å². The van der Waals surface area contributed by atoms with Gasteiger partial charge in [-0.2, -0.15) is 0 Å². The third-order valence-corrected chi connectivity index (χ3v) is 2.26. The maximum Gasteiger partial charge on any atom is 0.0314 e. The number of hydrogen-bond acceptors (Lipinski definition) is 2. The molecule has 1 rings (SSSR count). The molecule has 0 saturated heterocycles. The quantitative estimate of drug-likeness (QED) is 0.702. The second kappa shape index (κ2) is 5.66. The van der Waals surface area contributed by atoms with Gasteiger partial charge in [0.05, 0.1) is 0 Å². The minimum Gasteiger partial charge on any atom is -0.399 e. The Balaban J connectivity index is 2.39. The van der Waals surface area contributed by atoms with Crippen LogP contribution in [0.5, 0.6) is 0 Å². The third kappa shape index (κ3) is 3.79. The van der Waals surface area contributed by atoms with Gasteiger partial charge in [0.15, 0.2) is 0 Å². The molecule has 14 heavy (non-hydrogen) atoms. The molecule has 1 unspecified atom stereocenters. The van der Waals surface area contributed by atoms with Crippen LogP contribution in [0.2, 0.25) is 0 Å². The van der Waals surface area contributed by atoms with E-state index in [2.05, 4.69) is 31.3 Å². The van der Waals surface area contributed by atoms with Crippen LogP contribution in [-0.4, -0.2) is 12.6 Å². The molecule has 78 valence electrons. The normalized spacial score (nSPS) is 12.7. The summed E-state index contributed by atoms with van der Waals surface area (Å²) < 4.78 is 0. The lowest BCUT2D eigenvalue weighted by molar-refractivity contribution is 0.543. The summed E-state index contributed by atoms with van der Waals surface area (Å²) in [5, 5.41) is 3.46. The van der Waals surface area contributed by atoms with E-state index in [1.807, 2.05) is 12.1 Å². The van der Waals surface area contributed by atoms with Gasteiger partial charge in [0.1, 0.15) is 0 Å². The van der Waals surface area contributed by atoms with Crippen LogP contribution in [0, 0.1) is 0 Å². The summed E-state index contributed by atoms with van der Waals surface area (Å²) in [7, 11) is 0. The molecular weight excluding hydrogens is 172 g/mol. The van der Waals surface area contributed by atoms with Gasteiger partial charge in [-0.15, -0.1) is 0 Å². The highest BCUT2D eigenvalue weighted by atomic mass is 14.9. The first-order valence-electron chi connectivity index (χ1n) is 5.30. The second-order valence-corrected chi connectivity index (χ2v) is 3.80. The van der Waals surface area contributed by atoms with Crippen LogP contribution in [0.1, 0.15) is 25.8 Å². The highest BCUT2D eigenvalue weighted by Crippen LogP contribution is 2.07. The van der Waals surface area contributed by atoms with Crippen LogP contribution >= 0.6 is 0 Å². The monoisotopic (exact) mass is 192 g/mol. The molecule has 1 aromatic carbocycles. The van der Waals surface area contributed by atoms with Gasteiger partial charge < -0.3 is 11.1 Å². The maximum atomic E-state index is 5.62. The van der Waals surface area contributed by atoms with Crippen molar-refractivity contribution in [3.05, 3.63) is 29.8 Å². The fourth-order valence-corrected chi connectivity index (χ4v) is 1.47. The van der Waals surface area contributed by atoms with Crippen molar-refractivity contribution in [3.8, 4) is 0 Å². The van der Waals surface area contributed by atoms with Gasteiger partial charge in [-0.25, -0.2) is 0 Å². The number of nitrogens with two attached hydrogens (primary N) is 1. The van der Waals surface area contributed by atoms with Crippen LogP contribution in [0.15, 0.2) is 24.3 Å². The van der Waals surface area contributed by atoms with Crippen LogP contribution in [0.4, 0.5) is 5.69 Å². The van der Waals surface area contributed by atoms with E-state index < -0.39 is 0 Å². The lowest BCUT2D eigenvalue weighted by Gasteiger charge is -2.12. The molecule has 1 aromatic rings. The van der Waals surface area contributed by atoms with E-state index in [1.165, 1.54) is 12.0 Å². The lowest BCUT2D eigenvalue weighted by Crippen LogP contribution is -2.28. The van der Waals surface area contributed by atoms with Crippen LogP contribution in [-0.2, 0) is 6.42 Å². The Bertz CT molecular complexity index is 254. The summed E-state index contributed by atoms with van der Waals surface area (Å²) >= 11 is 0. The Morgan fingerprint density at radius 3 is 2.50 bits per heavy atom. The lowest BCUT2D eigenvalue weighted by atomic mass is 10.1. The number of benzene rings is 1. The van der Waals surface area contributed by atoms with E-state index in [9.17, 15) is 0 Å². The summed E-state index contributed by atoms with van der Waals surface area (Å²) in [6.45, 7) is 5.49. The predicted molar refractivity (Wildman–Crippen MR) is 62.3 cm³/mol. The molecule has 2 nitrogen and oxygen atoms in total. The van der Waals surface area contributed by atoms with Crippen LogP contribution < -0.4 is 11.1 Å². The van der Waals surface area contributed by atoms with E-state index in [-0.39, 0.29) is 0 Å². The van der Waals surface area contributed by atoms with E-state index in [0.717, 1.165) is 18.7 Å². The largest absolute Gasteiger partial charge is 0.399 e. The minimum atomic E-state index is 0.540. The van der Waals surface area contributed by atoms with Crippen molar-refractivity contribution in [2.24, 2.45) is 0 Å². The Morgan fingerprint density at radius 1 is 1.29 bits per heavy atom. The molecule has 0 bridgehead atoms. The number of anilines is 1. The van der Waals surface area contributed by atoms with Gasteiger partial charge in [0.25, 0.3) is 0 Å². The number of nitrogen functional groups attached to an aromatic ring is 1. The van der Waals surface area contributed by atoms with Crippen LogP contribution in [0.25, 0.3) is 0 Å². The Kier molecular flexibility index (Phi) is 4.47. The molecule has 0 aliphatic rings. The van der Waals surface area contributed by atoms with Gasteiger partial charge in [-0.05, 0) is 44.0 Å². The minimum absolute atomic E-state index is 0.540. The smallest absolute Gasteiger partial charge is 0.0314 e. The van der Waals surface area contributed by atoms with Gasteiger partial charge in [-0.1, -0.05) is 19.1 Å². The molecule has 0 heterocycles. The van der Waals surface area contributed by atoms with Gasteiger partial charge in [0, 0.05) is 11.7 Å². The predicted octanol–water partition coefficient (Wildman–Crippen LogP) is 2.20. The molecule has 0 spiro atoms. The first-order valence-corrected chi connectivity index (χ1v) is 5.30. The highest BCUT2D eigenvalue weighted by Gasteiger charge is 2.01. The van der Waals surface area contributed by atoms with Gasteiger partial charge >= 0.3 is 0 Å². The fraction of sp³-hybridized carbons (Fsp3) is 0.500. The number of nitrogens with one attached hydrogen (secondary N) is 1. The summed E-state index contributed by atoms with van der Waals surface area (Å²) in [6, 6.07) is 8.65. The topological polar surface area (TPSA) is 38.0 Å². The molecule has 0 radical (unpaired) electrons. The molecule has 2 heteroatoms. The van der Waals surface area contributed by atoms with Gasteiger partial charge in [-0.3, -0.25) is 0 Å². The second-order valence-electron chi connectivity index (χ2n) is 3.80. The van der Waals surface area contributed by atoms with Crippen molar-refractivity contribution in [1.29, 1.82) is 0 Å². The summed E-state index contributed by atoms with van der Waals surface area (Å²) in [6.07, 6.45) is 2.26. The number of rotatable bonds is 5. The molecule has 0 saturated carbocycles. The fourth-order valence-electron chi connectivity index (χ4n) is 1.47. The zero-order valence-electron chi connectivity index (χ0n) is 9.09. The average Bonchev–Trinajstić information content (AvgIpc) is 2.18. The van der Waals surface area contributed by atoms with Crippen molar-refractivity contribution in [3.63, 3.8) is 0 Å². The van der Waals surface area contributed by atoms with E-state index in [4.69, 9.17) is 5.73 Å². The summed E-state index contributed by atoms with van der Waals surface area (Å²) in [5.74, 6) is 0. The molecule has 0 aliphatic heterocycles. The van der Waals surface area contributed by atoms with Crippen molar-refractivity contribution < 1.29 is 0 Å². The van der Waals surface area contributed by atoms with E-state index >= 15 is 0 Å². The number of hydrogen-bond donors (Lipinski definition) is 2. The molecule has 3 N–H and O–H groups in total. The van der Waals surface area contributed by atoms with Crippen molar-refractivity contribution in [2.45, 2.75) is 32.7 Å². The van der Waals surface area contributed by atoms with Gasteiger partial charge in [0.2, 0.25) is 0 Å². The molecule has 0 amide bonds. The van der Waals surface area contributed by atoms with Crippen molar-refractivity contribution >= 4 is 5.69 Å². The summed E-state index contributed by atoms with van der Waals surface area (Å²) in [5.41, 5.74) is 7.80. The SMILES string of the molecule is CCCNC(C)Cc1ccc(N)cc1. The Hall–Kier alpha value is -1.02. The maximum absolute atomic E-state index is 5.62. The first-order chi connectivity index (χ1) is 6.72. The molecule has 0 aliphatic carbocycles. The Labute approximate surface area is 86.5 Å². The first kappa shape index (κ1) is 11.1. The zero-order chi connectivity index (χ0) is 10.4. The van der Waals surface area contributed by atoms with Crippen molar-refractivity contribution in [1.82, 2.24) is 5.32 Å². The van der Waals surface area contributed by atoms with E-state index in [1.54, 1.807) is 0 Å². The van der Waals surface area contributed by atoms with Crippen molar-refractivity contribution in [2.75, 3.05) is 12.3 Å². The molecule has 0 aromatic heterocycles. The standard InChI is InChI=1S/C12H20N2/c1-3-8-14-10(2)9-11-4-6-12(13)7-5-11/h4-7,10,14H,3,8-9,13H2,1-2H3. The molecule has 1 atom stereocenters. The molecule has 0 fully saturated rings.